The molecule has 0 amide bonds. The maximum absolute atomic E-state index is 5.08. The molecule has 0 bridgehead atoms. The molecule has 0 aromatic rings. The minimum absolute atomic E-state index is 1.28. The van der Waals surface area contributed by atoms with Crippen molar-refractivity contribution in [2.24, 2.45) is 0 Å². The first-order valence-corrected chi connectivity index (χ1v) is 7.12. The van der Waals surface area contributed by atoms with E-state index in [0.29, 0.717) is 0 Å². The summed E-state index contributed by atoms with van der Waals surface area (Å²) in [5.41, 5.74) is 0. The van der Waals surface area contributed by atoms with Crippen LogP contribution < -0.4 is 0 Å². The summed E-state index contributed by atoms with van der Waals surface area (Å²) in [5.74, 6) is 0. The Morgan fingerprint density at radius 3 is 1.50 bits per heavy atom. The first kappa shape index (κ1) is 5.59. The first-order chi connectivity index (χ1) is 1.73. The Morgan fingerprint density at radius 2 is 1.50 bits per heavy atom. The molecular weight excluding hydrogens is 203 g/mol. The van der Waals surface area contributed by atoms with E-state index in [1.807, 2.05) is 0 Å². The van der Waals surface area contributed by atoms with Gasteiger partial charge in [0.05, 0.1) is 0 Å². The van der Waals surface area contributed by atoms with E-state index in [1.54, 1.807) is 0 Å². The summed E-state index contributed by atoms with van der Waals surface area (Å²) in [7, 11) is 8.88. The van der Waals surface area contributed by atoms with Crippen LogP contribution in [0.15, 0.2) is 0 Å². The molecule has 0 radical (unpaired) electrons. The van der Waals surface area contributed by atoms with Gasteiger partial charge in [-0.1, -0.05) is 0 Å². The fourth-order valence-electron chi connectivity index (χ4n) is 0. The van der Waals surface area contributed by atoms with Crippen LogP contribution in [0.1, 0.15) is 0 Å². The Morgan fingerprint density at radius 1 is 1.50 bits per heavy atom. The van der Waals surface area contributed by atoms with E-state index in [0.717, 1.165) is 0 Å². The molecular formula is BrCl2Cr. The molecule has 0 saturated carbocycles. The van der Waals surface area contributed by atoms with Crippen LogP contribution in [0.2, 0.25) is 0 Å². The van der Waals surface area contributed by atoms with Crippen LogP contribution in [0.5, 0.6) is 0 Å². The van der Waals surface area contributed by atoms with Crippen molar-refractivity contribution < 1.29 is 10.5 Å². The molecule has 0 N–H and O–H groups in total. The van der Waals surface area contributed by atoms with Crippen LogP contribution in [0, 0.1) is 0 Å². The molecule has 0 nitrogen and oxygen atoms in total. The Hall–Kier alpha value is 1.59. The average Bonchev–Trinajstić information content (AvgIpc) is 0.811. The summed E-state index contributed by atoms with van der Waals surface area (Å²) in [5, 5.41) is 0. The molecule has 0 aliphatic heterocycles. The second-order valence-corrected chi connectivity index (χ2v) is 9.66. The average molecular weight is 203 g/mol. The molecule has 0 unspecified atom stereocenters. The summed E-state index contributed by atoms with van der Waals surface area (Å²) < 4.78 is 0. The van der Waals surface area contributed by atoms with E-state index in [9.17, 15) is 0 Å². The zero-order valence-electron chi connectivity index (χ0n) is 1.54. The van der Waals surface area contributed by atoms with Crippen LogP contribution in [-0.2, 0) is 10.5 Å². The number of halogens is 3. The monoisotopic (exact) mass is 201 g/mol. The van der Waals surface area contributed by atoms with E-state index in [4.69, 9.17) is 20.1 Å². The normalized spacial score (nSPS) is 9.00. The Kier molecular flexibility index (Phi) is 3.93. The molecule has 27 valence electrons. The van der Waals surface area contributed by atoms with Crippen molar-refractivity contribution in [3.8, 4) is 0 Å². The van der Waals surface area contributed by atoms with Gasteiger partial charge in [-0.2, -0.15) is 0 Å². The minimum atomic E-state index is -1.28. The van der Waals surface area contributed by atoms with Crippen LogP contribution in [-0.4, -0.2) is 0 Å². The van der Waals surface area contributed by atoms with Crippen molar-refractivity contribution in [3.05, 3.63) is 0 Å². The van der Waals surface area contributed by atoms with E-state index in [-0.39, 0.29) is 0 Å². The van der Waals surface area contributed by atoms with Crippen LogP contribution >= 0.6 is 34.1 Å². The Labute approximate surface area is 44.5 Å². The fourth-order valence-corrected chi connectivity index (χ4v) is 0. The third-order valence-corrected chi connectivity index (χ3v) is 0. The van der Waals surface area contributed by atoms with Crippen molar-refractivity contribution >= 4 is 34.1 Å². The molecule has 0 fully saturated rings. The quantitative estimate of drug-likeness (QED) is 0.565. The van der Waals surface area contributed by atoms with E-state index >= 15 is 0 Å². The molecule has 0 aromatic heterocycles. The van der Waals surface area contributed by atoms with Crippen LogP contribution in [0.3, 0.4) is 0 Å². The maximum atomic E-state index is 5.08. The molecule has 0 aliphatic rings. The molecule has 4 heavy (non-hydrogen) atoms. The van der Waals surface area contributed by atoms with Gasteiger partial charge >= 0.3 is 44.6 Å². The SMILES string of the molecule is [Cl][Cr]([Cl])[Br]. The van der Waals surface area contributed by atoms with Gasteiger partial charge in [-0.25, -0.2) is 0 Å². The van der Waals surface area contributed by atoms with Crippen molar-refractivity contribution in [1.29, 1.82) is 0 Å². The summed E-state index contributed by atoms with van der Waals surface area (Å²) in [4.78, 5) is 0. The van der Waals surface area contributed by atoms with Gasteiger partial charge in [-0.3, -0.25) is 0 Å². The number of hydrogen-bond acceptors (Lipinski definition) is 0. The Balaban J connectivity index is 2.32. The van der Waals surface area contributed by atoms with Gasteiger partial charge < -0.3 is 0 Å². The summed E-state index contributed by atoms with van der Waals surface area (Å²) in [6, 6.07) is 0. The fraction of sp³-hybridized carbons (Fsp3) is 0. The topological polar surface area (TPSA) is 0 Å². The predicted octanol–water partition coefficient (Wildman–Crippen LogP) is 2.22. The zero-order chi connectivity index (χ0) is 3.58. The third kappa shape index (κ3) is 9.52. The molecule has 0 spiro atoms. The summed E-state index contributed by atoms with van der Waals surface area (Å²) in [6.45, 7) is 0. The molecule has 0 atom stereocenters. The summed E-state index contributed by atoms with van der Waals surface area (Å²) >= 11 is 2.93. The van der Waals surface area contributed by atoms with E-state index < -0.39 is 10.5 Å². The van der Waals surface area contributed by atoms with Crippen LogP contribution in [0.4, 0.5) is 0 Å². The van der Waals surface area contributed by atoms with Crippen molar-refractivity contribution in [1.82, 2.24) is 0 Å². The van der Waals surface area contributed by atoms with Crippen LogP contribution in [0.25, 0.3) is 0 Å². The zero-order valence-corrected chi connectivity index (χ0v) is 5.91. The van der Waals surface area contributed by atoms with Crippen molar-refractivity contribution in [2.75, 3.05) is 0 Å². The summed E-state index contributed by atoms with van der Waals surface area (Å²) in [6.07, 6.45) is 0. The van der Waals surface area contributed by atoms with Gasteiger partial charge in [0.15, 0.2) is 0 Å². The van der Waals surface area contributed by atoms with Gasteiger partial charge in [0.25, 0.3) is 0 Å². The van der Waals surface area contributed by atoms with E-state index in [2.05, 4.69) is 14.1 Å². The second-order valence-electron chi connectivity index (χ2n) is 0.175. The van der Waals surface area contributed by atoms with Crippen molar-refractivity contribution in [3.63, 3.8) is 0 Å². The number of rotatable bonds is 0. The molecule has 0 aromatic carbocycles. The Bertz CT molecular complexity index is 10.8. The molecule has 0 aliphatic carbocycles. The predicted molar refractivity (Wildman–Crippen MR) is 20.6 cm³/mol. The molecule has 4 heteroatoms. The van der Waals surface area contributed by atoms with E-state index in [1.165, 1.54) is 0 Å². The number of hydrogen-bond donors (Lipinski definition) is 0. The first-order valence-electron chi connectivity index (χ1n) is 0.463. The van der Waals surface area contributed by atoms with Crippen molar-refractivity contribution in [2.45, 2.75) is 0 Å². The van der Waals surface area contributed by atoms with Gasteiger partial charge in [0.1, 0.15) is 0 Å². The molecule has 0 heterocycles. The third-order valence-electron chi connectivity index (χ3n) is 0. The second kappa shape index (κ2) is 2.81. The standard InChI is InChI=1S/BrH.2ClH.Cr/h3*1H;/q;;;+3/p-3. The van der Waals surface area contributed by atoms with Gasteiger partial charge in [-0.05, 0) is 0 Å². The molecule has 0 saturated heterocycles. The van der Waals surface area contributed by atoms with Gasteiger partial charge in [0, 0.05) is 0 Å². The van der Waals surface area contributed by atoms with Gasteiger partial charge in [-0.15, -0.1) is 0 Å². The molecule has 0 rings (SSSR count). The van der Waals surface area contributed by atoms with Gasteiger partial charge in [0.2, 0.25) is 0 Å².